The van der Waals surface area contributed by atoms with Gasteiger partial charge in [-0.05, 0) is 30.6 Å². The van der Waals surface area contributed by atoms with Gasteiger partial charge in [0.1, 0.15) is 5.01 Å². The number of hydrogen-bond donors (Lipinski definition) is 2. The molecule has 0 atom stereocenters. The summed E-state index contributed by atoms with van der Waals surface area (Å²) in [4.78, 5) is 0. The molecule has 2 N–H and O–H groups in total. The molecule has 2 aromatic rings. The van der Waals surface area contributed by atoms with Crippen molar-refractivity contribution >= 4 is 33.8 Å². The largest absolute Gasteiger partial charge is 0.362 e. The summed E-state index contributed by atoms with van der Waals surface area (Å²) in [6.07, 6.45) is 1.84. The quantitative estimate of drug-likeness (QED) is 0.830. The fourth-order valence-corrected chi connectivity index (χ4v) is 2.50. The molecule has 0 unspecified atom stereocenters. The molecule has 0 amide bonds. The van der Waals surface area contributed by atoms with E-state index in [-0.39, 0.29) is 0 Å². The molecule has 0 aliphatic heterocycles. The number of rotatable bonds is 5. The smallest absolute Gasteiger partial charge is 0.211 e. The normalized spacial score (nSPS) is 10.2. The lowest BCUT2D eigenvalue weighted by Crippen LogP contribution is -2.30. The number of nitrogens with one attached hydrogen (secondary N) is 2. The number of nitrogens with zero attached hydrogens (tertiary/aromatic N) is 2. The van der Waals surface area contributed by atoms with E-state index < -0.39 is 0 Å². The van der Waals surface area contributed by atoms with Crippen LogP contribution in [0, 0.1) is 0 Å². The van der Waals surface area contributed by atoms with Crippen molar-refractivity contribution in [1.29, 1.82) is 0 Å². The second kappa shape index (κ2) is 7.16. The van der Waals surface area contributed by atoms with Gasteiger partial charge in [-0.15, -0.1) is 10.2 Å². The van der Waals surface area contributed by atoms with Crippen LogP contribution in [0.1, 0.15) is 17.5 Å². The van der Waals surface area contributed by atoms with E-state index in [0.717, 1.165) is 29.5 Å². The molecule has 0 fully saturated rings. The van der Waals surface area contributed by atoms with Crippen molar-refractivity contribution in [2.45, 2.75) is 19.8 Å². The third-order valence-corrected chi connectivity index (χ3v) is 3.76. The van der Waals surface area contributed by atoms with Crippen molar-refractivity contribution in [3.63, 3.8) is 0 Å². The van der Waals surface area contributed by atoms with Crippen LogP contribution in [0.3, 0.4) is 0 Å². The summed E-state index contributed by atoms with van der Waals surface area (Å²) in [7, 11) is 0. The van der Waals surface area contributed by atoms with Gasteiger partial charge in [0.05, 0.1) is 0 Å². The van der Waals surface area contributed by atoms with Crippen LogP contribution in [0.2, 0.25) is 0 Å². The van der Waals surface area contributed by atoms with Gasteiger partial charge in [-0.25, -0.2) is 0 Å². The molecule has 100 valence electrons. The number of hydrogen-bond acceptors (Lipinski definition) is 4. The average molecular weight is 292 g/mol. The lowest BCUT2D eigenvalue weighted by Gasteiger charge is -2.07. The summed E-state index contributed by atoms with van der Waals surface area (Å²) in [6, 6.07) is 10.3. The SMILES string of the molecule is CCc1nnc(NC(=S)NCCc2ccccc2)s1. The lowest BCUT2D eigenvalue weighted by atomic mass is 10.1. The van der Waals surface area contributed by atoms with Crippen molar-refractivity contribution in [2.24, 2.45) is 0 Å². The summed E-state index contributed by atoms with van der Waals surface area (Å²) in [5, 5.41) is 16.6. The Morgan fingerprint density at radius 3 is 2.74 bits per heavy atom. The number of benzene rings is 1. The molecule has 0 aliphatic rings. The Hall–Kier alpha value is -1.53. The average Bonchev–Trinajstić information content (AvgIpc) is 2.87. The Kier molecular flexibility index (Phi) is 5.23. The number of aryl methyl sites for hydroxylation is 1. The monoisotopic (exact) mass is 292 g/mol. The van der Waals surface area contributed by atoms with Gasteiger partial charge in [0.2, 0.25) is 5.13 Å². The standard InChI is InChI=1S/C13H16N4S2/c1-2-11-16-17-13(19-11)15-12(18)14-9-8-10-6-4-3-5-7-10/h3-7H,2,8-9H2,1H3,(H2,14,15,17,18). The summed E-state index contributed by atoms with van der Waals surface area (Å²) >= 11 is 6.74. The van der Waals surface area contributed by atoms with Crippen molar-refractivity contribution < 1.29 is 0 Å². The highest BCUT2D eigenvalue weighted by Crippen LogP contribution is 2.14. The third kappa shape index (κ3) is 4.57. The summed E-state index contributed by atoms with van der Waals surface area (Å²) in [5.41, 5.74) is 1.29. The molecule has 0 saturated carbocycles. The molecule has 6 heteroatoms. The highest BCUT2D eigenvalue weighted by atomic mass is 32.1. The van der Waals surface area contributed by atoms with Gasteiger partial charge in [0.15, 0.2) is 5.11 Å². The van der Waals surface area contributed by atoms with Crippen molar-refractivity contribution in [3.8, 4) is 0 Å². The molecule has 4 nitrogen and oxygen atoms in total. The van der Waals surface area contributed by atoms with Crippen molar-refractivity contribution in [3.05, 3.63) is 40.9 Å². The molecule has 0 saturated heterocycles. The highest BCUT2D eigenvalue weighted by Gasteiger charge is 2.03. The van der Waals surface area contributed by atoms with Gasteiger partial charge in [0.25, 0.3) is 0 Å². The maximum absolute atomic E-state index is 5.21. The summed E-state index contributed by atoms with van der Waals surface area (Å²) in [5.74, 6) is 0. The molecule has 1 aromatic carbocycles. The minimum atomic E-state index is 0.592. The van der Waals surface area contributed by atoms with Crippen LogP contribution < -0.4 is 10.6 Å². The van der Waals surface area contributed by atoms with Crippen LogP contribution >= 0.6 is 23.6 Å². The maximum Gasteiger partial charge on any atom is 0.211 e. The van der Waals surface area contributed by atoms with Crippen LogP contribution in [0.25, 0.3) is 0 Å². The lowest BCUT2D eigenvalue weighted by molar-refractivity contribution is 0.872. The van der Waals surface area contributed by atoms with Gasteiger partial charge >= 0.3 is 0 Å². The summed E-state index contributed by atoms with van der Waals surface area (Å²) < 4.78 is 0. The number of anilines is 1. The van der Waals surface area contributed by atoms with Crippen molar-refractivity contribution in [2.75, 3.05) is 11.9 Å². The fourth-order valence-electron chi connectivity index (χ4n) is 1.55. The second-order valence-corrected chi connectivity index (χ2v) is 5.44. The van der Waals surface area contributed by atoms with Gasteiger partial charge in [-0.1, -0.05) is 48.6 Å². The van der Waals surface area contributed by atoms with E-state index in [1.54, 1.807) is 0 Å². The molecular weight excluding hydrogens is 276 g/mol. The predicted molar refractivity (Wildman–Crippen MR) is 83.7 cm³/mol. The molecular formula is C13H16N4S2. The van der Waals surface area contributed by atoms with E-state index in [4.69, 9.17) is 12.2 Å². The Labute approximate surface area is 122 Å². The molecule has 1 heterocycles. The van der Waals surface area contributed by atoms with E-state index in [2.05, 4.69) is 39.9 Å². The molecule has 0 aliphatic carbocycles. The highest BCUT2D eigenvalue weighted by molar-refractivity contribution is 7.80. The molecule has 19 heavy (non-hydrogen) atoms. The Balaban J connectivity index is 1.73. The van der Waals surface area contributed by atoms with Crippen LogP contribution in [0.15, 0.2) is 30.3 Å². The Morgan fingerprint density at radius 2 is 2.05 bits per heavy atom. The molecule has 1 aromatic heterocycles. The van der Waals surface area contributed by atoms with E-state index in [0.29, 0.717) is 5.11 Å². The molecule has 2 rings (SSSR count). The van der Waals surface area contributed by atoms with E-state index in [9.17, 15) is 0 Å². The molecule has 0 bridgehead atoms. The minimum Gasteiger partial charge on any atom is -0.362 e. The second-order valence-electron chi connectivity index (χ2n) is 3.97. The van der Waals surface area contributed by atoms with E-state index in [1.807, 2.05) is 18.2 Å². The van der Waals surface area contributed by atoms with Crippen LogP contribution in [0.4, 0.5) is 5.13 Å². The molecule has 0 spiro atoms. The first-order valence-electron chi connectivity index (χ1n) is 6.19. The first-order valence-corrected chi connectivity index (χ1v) is 7.41. The van der Waals surface area contributed by atoms with Crippen LogP contribution in [-0.4, -0.2) is 21.9 Å². The van der Waals surface area contributed by atoms with Crippen molar-refractivity contribution in [1.82, 2.24) is 15.5 Å². The first-order chi connectivity index (χ1) is 9.28. The molecule has 0 radical (unpaired) electrons. The minimum absolute atomic E-state index is 0.592. The van der Waals surface area contributed by atoms with Crippen LogP contribution in [-0.2, 0) is 12.8 Å². The zero-order valence-electron chi connectivity index (χ0n) is 10.7. The number of aromatic nitrogens is 2. The first kappa shape index (κ1) is 13.9. The van der Waals surface area contributed by atoms with E-state index in [1.165, 1.54) is 16.9 Å². The Bertz CT molecular complexity index is 524. The summed E-state index contributed by atoms with van der Waals surface area (Å²) in [6.45, 7) is 2.86. The Morgan fingerprint density at radius 1 is 1.26 bits per heavy atom. The van der Waals surface area contributed by atoms with Gasteiger partial charge in [-0.3, -0.25) is 0 Å². The predicted octanol–water partition coefficient (Wildman–Crippen LogP) is 2.63. The third-order valence-electron chi connectivity index (χ3n) is 2.53. The fraction of sp³-hybridized carbons (Fsp3) is 0.308. The number of thiocarbonyl (C=S) groups is 1. The zero-order valence-corrected chi connectivity index (χ0v) is 12.4. The van der Waals surface area contributed by atoms with Gasteiger partial charge in [0, 0.05) is 6.54 Å². The van der Waals surface area contributed by atoms with Crippen LogP contribution in [0.5, 0.6) is 0 Å². The van der Waals surface area contributed by atoms with E-state index >= 15 is 0 Å². The van der Waals surface area contributed by atoms with Gasteiger partial charge < -0.3 is 10.6 Å². The van der Waals surface area contributed by atoms with Gasteiger partial charge in [-0.2, -0.15) is 0 Å². The topological polar surface area (TPSA) is 49.8 Å². The zero-order chi connectivity index (χ0) is 13.5. The maximum atomic E-state index is 5.21.